The first-order chi connectivity index (χ1) is 11.6. The van der Waals surface area contributed by atoms with Gasteiger partial charge < -0.3 is 5.32 Å². The molecule has 0 bridgehead atoms. The van der Waals surface area contributed by atoms with E-state index in [1.165, 1.54) is 0 Å². The van der Waals surface area contributed by atoms with Crippen LogP contribution in [0.15, 0.2) is 18.2 Å². The standard InChI is InChI=1S/C16H19F4NO3S/c17-12-6-5-11(14(9-12)16(18,19)20)10-21-15(22)7-8-25(23,24)13-3-1-2-4-13/h5-6,9,13H,1-4,7-8,10H2,(H,21,22). The van der Waals surface area contributed by atoms with Crippen LogP contribution in [0, 0.1) is 5.82 Å². The van der Waals surface area contributed by atoms with Gasteiger partial charge in [0.25, 0.3) is 0 Å². The van der Waals surface area contributed by atoms with Gasteiger partial charge in [-0.15, -0.1) is 0 Å². The predicted molar refractivity (Wildman–Crippen MR) is 83.9 cm³/mol. The second kappa shape index (κ2) is 7.72. The molecule has 1 aliphatic carbocycles. The zero-order chi connectivity index (χ0) is 18.7. The average Bonchev–Trinajstić information content (AvgIpc) is 3.06. The number of halogens is 4. The van der Waals surface area contributed by atoms with E-state index in [1.54, 1.807) is 0 Å². The zero-order valence-electron chi connectivity index (χ0n) is 13.4. The summed E-state index contributed by atoms with van der Waals surface area (Å²) in [5.74, 6) is -2.00. The van der Waals surface area contributed by atoms with Gasteiger partial charge in [0.05, 0.1) is 16.6 Å². The third-order valence-corrected chi connectivity index (χ3v) is 6.54. The fraction of sp³-hybridized carbons (Fsp3) is 0.562. The number of amides is 1. The number of sulfone groups is 1. The SMILES string of the molecule is O=C(CCS(=O)(=O)C1CCCC1)NCc1ccc(F)cc1C(F)(F)F. The van der Waals surface area contributed by atoms with Gasteiger partial charge in [0.2, 0.25) is 5.91 Å². The number of alkyl halides is 3. The summed E-state index contributed by atoms with van der Waals surface area (Å²) in [7, 11) is -3.37. The number of hydrogen-bond donors (Lipinski definition) is 1. The van der Waals surface area contributed by atoms with Crippen LogP contribution in [0.2, 0.25) is 0 Å². The van der Waals surface area contributed by atoms with E-state index in [9.17, 15) is 30.8 Å². The van der Waals surface area contributed by atoms with Crippen molar-refractivity contribution in [3.8, 4) is 0 Å². The summed E-state index contributed by atoms with van der Waals surface area (Å²) in [6.45, 7) is -0.447. The molecule has 0 saturated heterocycles. The van der Waals surface area contributed by atoms with Crippen LogP contribution >= 0.6 is 0 Å². The summed E-state index contributed by atoms with van der Waals surface area (Å²) in [5.41, 5.74) is -1.44. The van der Waals surface area contributed by atoms with Crippen LogP contribution in [-0.4, -0.2) is 25.3 Å². The lowest BCUT2D eigenvalue weighted by molar-refractivity contribution is -0.138. The highest BCUT2D eigenvalue weighted by atomic mass is 32.2. The molecule has 0 heterocycles. The normalized spacial score (nSPS) is 16.2. The van der Waals surface area contributed by atoms with E-state index in [0.29, 0.717) is 18.9 Å². The summed E-state index contributed by atoms with van der Waals surface area (Å²) in [5, 5.41) is 1.85. The third-order valence-electron chi connectivity index (χ3n) is 4.28. The first kappa shape index (κ1) is 19.7. The van der Waals surface area contributed by atoms with Crippen molar-refractivity contribution in [2.24, 2.45) is 0 Å². The van der Waals surface area contributed by atoms with Gasteiger partial charge in [-0.05, 0) is 30.5 Å². The zero-order valence-corrected chi connectivity index (χ0v) is 14.2. The minimum Gasteiger partial charge on any atom is -0.352 e. The molecule has 1 saturated carbocycles. The molecule has 1 amide bonds. The molecule has 0 aliphatic heterocycles. The fourth-order valence-electron chi connectivity index (χ4n) is 2.90. The van der Waals surface area contributed by atoms with E-state index in [1.807, 2.05) is 0 Å². The van der Waals surface area contributed by atoms with Crippen molar-refractivity contribution < 1.29 is 30.8 Å². The molecule has 1 aromatic carbocycles. The van der Waals surface area contributed by atoms with Crippen LogP contribution in [0.3, 0.4) is 0 Å². The van der Waals surface area contributed by atoms with E-state index < -0.39 is 45.1 Å². The molecule has 25 heavy (non-hydrogen) atoms. The quantitative estimate of drug-likeness (QED) is 0.770. The molecular weight excluding hydrogens is 362 g/mol. The Hall–Kier alpha value is -1.64. The Morgan fingerprint density at radius 3 is 2.44 bits per heavy atom. The molecule has 0 radical (unpaired) electrons. The molecule has 2 rings (SSSR count). The lowest BCUT2D eigenvalue weighted by Crippen LogP contribution is -2.29. The summed E-state index contributed by atoms with van der Waals surface area (Å²) < 4.78 is 75.8. The average molecular weight is 381 g/mol. The second-order valence-corrected chi connectivity index (χ2v) is 8.50. The Balaban J connectivity index is 1.92. The van der Waals surface area contributed by atoms with Crippen molar-refractivity contribution in [1.29, 1.82) is 0 Å². The number of hydrogen-bond acceptors (Lipinski definition) is 3. The Bertz CT molecular complexity index is 725. The van der Waals surface area contributed by atoms with Crippen LogP contribution in [0.25, 0.3) is 0 Å². The van der Waals surface area contributed by atoms with E-state index >= 15 is 0 Å². The highest BCUT2D eigenvalue weighted by Gasteiger charge is 2.34. The first-order valence-electron chi connectivity index (χ1n) is 7.93. The predicted octanol–water partition coefficient (Wildman–Crippen LogP) is 3.21. The van der Waals surface area contributed by atoms with Gasteiger partial charge in [0, 0.05) is 13.0 Å². The van der Waals surface area contributed by atoms with Crippen molar-refractivity contribution in [2.75, 3.05) is 5.75 Å². The Morgan fingerprint density at radius 1 is 1.20 bits per heavy atom. The number of nitrogens with one attached hydrogen (secondary N) is 1. The van der Waals surface area contributed by atoms with E-state index in [0.717, 1.165) is 25.0 Å². The fourth-order valence-corrected chi connectivity index (χ4v) is 4.75. The Morgan fingerprint density at radius 2 is 1.84 bits per heavy atom. The van der Waals surface area contributed by atoms with Crippen LogP contribution in [-0.2, 0) is 27.4 Å². The minimum atomic E-state index is -4.74. The van der Waals surface area contributed by atoms with Gasteiger partial charge in [-0.1, -0.05) is 18.9 Å². The van der Waals surface area contributed by atoms with Gasteiger partial charge in [0.15, 0.2) is 9.84 Å². The summed E-state index contributed by atoms with van der Waals surface area (Å²) in [4.78, 5) is 11.8. The van der Waals surface area contributed by atoms with Crippen LogP contribution in [0.5, 0.6) is 0 Å². The molecule has 140 valence electrons. The molecule has 1 aromatic rings. The highest BCUT2D eigenvalue weighted by molar-refractivity contribution is 7.92. The van der Waals surface area contributed by atoms with Crippen LogP contribution in [0.4, 0.5) is 17.6 Å². The molecule has 1 fully saturated rings. The molecule has 1 N–H and O–H groups in total. The smallest absolute Gasteiger partial charge is 0.352 e. The largest absolute Gasteiger partial charge is 0.416 e. The molecular formula is C16H19F4NO3S. The maximum Gasteiger partial charge on any atom is 0.416 e. The molecule has 0 aromatic heterocycles. The third kappa shape index (κ3) is 5.42. The molecule has 0 spiro atoms. The summed E-state index contributed by atoms with van der Waals surface area (Å²) >= 11 is 0. The van der Waals surface area contributed by atoms with E-state index in [2.05, 4.69) is 5.32 Å². The summed E-state index contributed by atoms with van der Waals surface area (Å²) in [6.07, 6.45) is -2.17. The van der Waals surface area contributed by atoms with Crippen molar-refractivity contribution in [3.63, 3.8) is 0 Å². The van der Waals surface area contributed by atoms with Gasteiger partial charge >= 0.3 is 6.18 Å². The maximum atomic E-state index is 13.0. The lowest BCUT2D eigenvalue weighted by atomic mass is 10.1. The van der Waals surface area contributed by atoms with Gasteiger partial charge in [-0.3, -0.25) is 4.79 Å². The number of carbonyl (C=O) groups excluding carboxylic acids is 1. The molecule has 9 heteroatoms. The Kier molecular flexibility index (Phi) is 6.08. The lowest BCUT2D eigenvalue weighted by Gasteiger charge is -2.14. The topological polar surface area (TPSA) is 63.2 Å². The highest BCUT2D eigenvalue weighted by Crippen LogP contribution is 2.32. The molecule has 4 nitrogen and oxygen atoms in total. The van der Waals surface area contributed by atoms with Crippen molar-refractivity contribution >= 4 is 15.7 Å². The van der Waals surface area contributed by atoms with Crippen molar-refractivity contribution in [3.05, 3.63) is 35.1 Å². The minimum absolute atomic E-state index is 0.277. The van der Waals surface area contributed by atoms with E-state index in [-0.39, 0.29) is 17.7 Å². The van der Waals surface area contributed by atoms with Crippen molar-refractivity contribution in [1.82, 2.24) is 5.32 Å². The van der Waals surface area contributed by atoms with Crippen molar-refractivity contribution in [2.45, 2.75) is 50.1 Å². The second-order valence-electron chi connectivity index (χ2n) is 6.10. The monoisotopic (exact) mass is 381 g/mol. The number of rotatable bonds is 6. The number of carbonyl (C=O) groups is 1. The van der Waals surface area contributed by atoms with E-state index in [4.69, 9.17) is 0 Å². The Labute approximate surface area is 143 Å². The maximum absolute atomic E-state index is 13.0. The van der Waals surface area contributed by atoms with Crippen LogP contribution < -0.4 is 5.32 Å². The van der Waals surface area contributed by atoms with Gasteiger partial charge in [-0.25, -0.2) is 12.8 Å². The van der Waals surface area contributed by atoms with Gasteiger partial charge in [0.1, 0.15) is 5.82 Å². The summed E-state index contributed by atoms with van der Waals surface area (Å²) in [6, 6.07) is 2.20. The molecule has 1 aliphatic rings. The molecule has 0 atom stereocenters. The molecule has 0 unspecified atom stereocenters. The number of benzene rings is 1. The first-order valence-corrected chi connectivity index (χ1v) is 9.65. The van der Waals surface area contributed by atoms with Crippen LogP contribution in [0.1, 0.15) is 43.2 Å². The van der Waals surface area contributed by atoms with Gasteiger partial charge in [-0.2, -0.15) is 13.2 Å².